The first-order valence-electron chi connectivity index (χ1n) is 12.6. The standard InChI is InChI=1S/C27H27B9/c1-10-11(2)14(5)21-19(13(10)4)23-20(15(6)12(3)17(8)25(23)33-28)22-16(7)18(9)26(36(32)34-29)27(24(21)22)35(30)31/h1-9H3. The Labute approximate surface area is 226 Å². The van der Waals surface area contributed by atoms with Gasteiger partial charge in [-0.05, 0) is 134 Å². The van der Waals surface area contributed by atoms with E-state index in [0.29, 0.717) is 0 Å². The van der Waals surface area contributed by atoms with Crippen molar-refractivity contribution in [3.05, 3.63) is 50.1 Å². The fourth-order valence-corrected chi connectivity index (χ4v) is 6.39. The molecule has 0 spiro atoms. The molecule has 12 radical (unpaired) electrons. The van der Waals surface area contributed by atoms with Gasteiger partial charge in [0.15, 0.2) is 0 Å². The average Bonchev–Trinajstić information content (AvgIpc) is 2.85. The number of benzene rings is 4. The van der Waals surface area contributed by atoms with E-state index in [1.165, 1.54) is 78.5 Å². The average molecular weight is 449 g/mol. The number of aryl methyl sites for hydroxylation is 4. The summed E-state index contributed by atoms with van der Waals surface area (Å²) < 4.78 is 0. The molecule has 36 heavy (non-hydrogen) atoms. The van der Waals surface area contributed by atoms with Crippen molar-refractivity contribution in [3.63, 3.8) is 0 Å². The third-order valence-corrected chi connectivity index (χ3v) is 9.05. The fraction of sp³-hybridized carbons (Fsp3) is 0.333. The van der Waals surface area contributed by atoms with Crippen LogP contribution < -0.4 is 16.4 Å². The van der Waals surface area contributed by atoms with E-state index in [-0.39, 0.29) is 0 Å². The van der Waals surface area contributed by atoms with Crippen molar-refractivity contribution >= 4 is 115 Å². The van der Waals surface area contributed by atoms with Crippen LogP contribution in [0.4, 0.5) is 0 Å². The summed E-state index contributed by atoms with van der Waals surface area (Å²) in [6.45, 7) is 18.4. The van der Waals surface area contributed by atoms with Gasteiger partial charge >= 0.3 is 0 Å². The largest absolute Gasteiger partial charge is 0.102 e. The zero-order valence-corrected chi connectivity index (χ0v) is 23.2. The van der Waals surface area contributed by atoms with E-state index in [9.17, 15) is 0 Å². The molecule has 0 saturated carbocycles. The summed E-state index contributed by atoms with van der Waals surface area (Å²) in [5, 5.41) is 7.05. The molecular weight excluding hydrogens is 422 g/mol. The molecule has 0 aliphatic rings. The Morgan fingerprint density at radius 2 is 0.833 bits per heavy atom. The van der Waals surface area contributed by atoms with E-state index in [2.05, 4.69) is 62.3 Å². The van der Waals surface area contributed by atoms with Crippen molar-refractivity contribution in [1.29, 1.82) is 0 Å². The molecule has 162 valence electrons. The molecule has 0 saturated heterocycles. The second-order valence-corrected chi connectivity index (χ2v) is 10.5. The molecule has 0 amide bonds. The van der Waals surface area contributed by atoms with Crippen LogP contribution in [-0.4, -0.2) is 65.9 Å². The SMILES string of the molecule is [B][B]B([B])c1c(C)c(C)c2c3c(C)c(C)c(C)c([B][B])c3c3c(C)c(C)c(C)c(C)c3c2c1B([B])[B]. The Morgan fingerprint density at radius 1 is 0.444 bits per heavy atom. The maximum absolute atomic E-state index is 6.58. The van der Waals surface area contributed by atoms with E-state index in [1.54, 1.807) is 7.17 Å². The molecule has 4 aromatic carbocycles. The molecule has 4 aromatic rings. The van der Waals surface area contributed by atoms with Gasteiger partial charge in [0.1, 0.15) is 0 Å². The lowest BCUT2D eigenvalue weighted by Crippen LogP contribution is -2.55. The second kappa shape index (κ2) is 9.52. The molecule has 0 aliphatic heterocycles. The molecule has 0 unspecified atom stereocenters. The summed E-state index contributed by atoms with van der Waals surface area (Å²) >= 11 is 0. The lowest BCUT2D eigenvalue weighted by Gasteiger charge is -2.30. The zero-order valence-electron chi connectivity index (χ0n) is 23.2. The minimum atomic E-state index is -0.720. The topological polar surface area (TPSA) is 0 Å². The highest BCUT2D eigenvalue weighted by Crippen LogP contribution is 2.43. The first-order chi connectivity index (χ1) is 16.8. The first kappa shape index (κ1) is 27.3. The van der Waals surface area contributed by atoms with Crippen molar-refractivity contribution < 1.29 is 0 Å². The highest BCUT2D eigenvalue weighted by atomic mass is 14.3. The second-order valence-electron chi connectivity index (χ2n) is 10.5. The van der Waals surface area contributed by atoms with Gasteiger partial charge in [0, 0.05) is 45.7 Å². The summed E-state index contributed by atoms with van der Waals surface area (Å²) in [5.41, 5.74) is 13.8. The van der Waals surface area contributed by atoms with E-state index in [0.717, 1.165) is 27.3 Å². The summed E-state index contributed by atoms with van der Waals surface area (Å²) in [6.07, 6.45) is 0. The summed E-state index contributed by atoms with van der Waals surface area (Å²) in [5.74, 6) is 0. The molecule has 0 aromatic heterocycles. The number of rotatable bonds is 4. The fourth-order valence-electron chi connectivity index (χ4n) is 6.39. The predicted octanol–water partition coefficient (Wildman–Crippen LogP) is 2.02. The predicted molar refractivity (Wildman–Crippen MR) is 172 cm³/mol. The molecule has 4 rings (SSSR count). The summed E-state index contributed by atoms with van der Waals surface area (Å²) in [4.78, 5) is 0. The summed E-state index contributed by atoms with van der Waals surface area (Å²) in [6, 6.07) is 0. The van der Waals surface area contributed by atoms with E-state index in [4.69, 9.17) is 38.7 Å². The highest BCUT2D eigenvalue weighted by molar-refractivity contribution is 7.52. The van der Waals surface area contributed by atoms with Crippen molar-refractivity contribution in [2.75, 3.05) is 0 Å². The maximum atomic E-state index is 6.58. The molecule has 0 heterocycles. The Bertz CT molecular complexity index is 1550. The van der Waals surface area contributed by atoms with Gasteiger partial charge in [0.2, 0.25) is 0 Å². The van der Waals surface area contributed by atoms with Gasteiger partial charge in [-0.1, -0.05) is 22.1 Å². The molecule has 0 atom stereocenters. The molecule has 9 heteroatoms. The number of fused-ring (bicyclic) bond motifs is 6. The van der Waals surface area contributed by atoms with Crippen molar-refractivity contribution in [2.24, 2.45) is 0 Å². The Kier molecular flexibility index (Phi) is 7.22. The van der Waals surface area contributed by atoms with Gasteiger partial charge in [-0.2, -0.15) is 0 Å². The van der Waals surface area contributed by atoms with Gasteiger partial charge in [0.05, 0.1) is 20.2 Å². The van der Waals surface area contributed by atoms with Crippen molar-refractivity contribution in [2.45, 2.75) is 62.3 Å². The van der Waals surface area contributed by atoms with Crippen LogP contribution in [0.5, 0.6) is 0 Å². The van der Waals surface area contributed by atoms with Crippen LogP contribution in [0.15, 0.2) is 0 Å². The summed E-state index contributed by atoms with van der Waals surface area (Å²) in [7, 11) is 35.4. The van der Waals surface area contributed by atoms with Crippen molar-refractivity contribution in [3.8, 4) is 0 Å². The molecule has 0 N–H and O–H groups in total. The number of hydrogen-bond acceptors (Lipinski definition) is 0. The van der Waals surface area contributed by atoms with Gasteiger partial charge in [-0.25, -0.2) is 0 Å². The first-order valence-corrected chi connectivity index (χ1v) is 12.6. The van der Waals surface area contributed by atoms with Gasteiger partial charge < -0.3 is 0 Å². The maximum Gasteiger partial charge on any atom is 0.0969 e. The third-order valence-electron chi connectivity index (χ3n) is 9.05. The lowest BCUT2D eigenvalue weighted by molar-refractivity contribution is 1.25. The van der Waals surface area contributed by atoms with E-state index >= 15 is 0 Å². The Hall–Kier alpha value is -1.76. The van der Waals surface area contributed by atoms with Crippen LogP contribution >= 0.6 is 0 Å². The van der Waals surface area contributed by atoms with Gasteiger partial charge in [0.25, 0.3) is 0 Å². The Balaban J connectivity index is 2.65. The van der Waals surface area contributed by atoms with Crippen molar-refractivity contribution in [1.82, 2.24) is 0 Å². The Morgan fingerprint density at radius 3 is 1.22 bits per heavy atom. The van der Waals surface area contributed by atoms with Crippen LogP contribution in [0, 0.1) is 62.3 Å². The molecule has 0 nitrogen and oxygen atoms in total. The number of hydrogen-bond donors (Lipinski definition) is 0. The van der Waals surface area contributed by atoms with E-state index in [1.807, 2.05) is 0 Å². The monoisotopic (exact) mass is 450 g/mol. The highest BCUT2D eigenvalue weighted by Gasteiger charge is 2.28. The molecule has 0 fully saturated rings. The lowest BCUT2D eigenvalue weighted by atomic mass is 9.01. The molecule has 0 aliphatic carbocycles. The van der Waals surface area contributed by atoms with Gasteiger partial charge in [-0.15, -0.1) is 5.46 Å². The molecule has 0 bridgehead atoms. The van der Waals surface area contributed by atoms with Gasteiger partial charge in [-0.3, -0.25) is 0 Å². The van der Waals surface area contributed by atoms with Crippen LogP contribution in [0.2, 0.25) is 0 Å². The van der Waals surface area contributed by atoms with Crippen LogP contribution in [0.3, 0.4) is 0 Å². The smallest absolute Gasteiger partial charge is 0.0969 e. The zero-order chi connectivity index (χ0) is 27.0. The quantitative estimate of drug-likeness (QED) is 0.331. The third kappa shape index (κ3) is 3.54. The van der Waals surface area contributed by atoms with Crippen LogP contribution in [0.1, 0.15) is 50.1 Å². The normalized spacial score (nSPS) is 11.5. The van der Waals surface area contributed by atoms with E-state index < -0.39 is 13.0 Å². The minimum Gasteiger partial charge on any atom is -0.102 e. The minimum absolute atomic E-state index is 0.481. The molecular formula is C27H27B9. The van der Waals surface area contributed by atoms with Crippen LogP contribution in [0.25, 0.3) is 32.3 Å². The van der Waals surface area contributed by atoms with Crippen LogP contribution in [-0.2, 0) is 0 Å².